The summed E-state index contributed by atoms with van der Waals surface area (Å²) in [6.45, 7) is 5.54. The SMILES string of the molecule is CC1CC(NC(=O)c2cc(C3CC3)on2)CCN1SN1CC2CC(C1)N2. The zero-order valence-corrected chi connectivity index (χ0v) is 16.0. The molecular weight excluding hydrogens is 350 g/mol. The van der Waals surface area contributed by atoms with Gasteiger partial charge in [-0.3, -0.25) is 4.79 Å². The molecule has 1 aromatic heterocycles. The van der Waals surface area contributed by atoms with Gasteiger partial charge < -0.3 is 15.2 Å². The van der Waals surface area contributed by atoms with Gasteiger partial charge in [-0.15, -0.1) is 0 Å². The highest BCUT2D eigenvalue weighted by atomic mass is 32.2. The van der Waals surface area contributed by atoms with E-state index in [0.717, 1.165) is 51.1 Å². The first-order valence-corrected chi connectivity index (χ1v) is 10.6. The number of hydrogen-bond donors (Lipinski definition) is 2. The van der Waals surface area contributed by atoms with Crippen molar-refractivity contribution in [2.45, 2.75) is 69.1 Å². The summed E-state index contributed by atoms with van der Waals surface area (Å²) in [5, 5.41) is 10.7. The summed E-state index contributed by atoms with van der Waals surface area (Å²) in [5.41, 5.74) is 0.427. The number of hydrogen-bond acceptors (Lipinski definition) is 7. The summed E-state index contributed by atoms with van der Waals surface area (Å²) in [6, 6.07) is 3.86. The van der Waals surface area contributed by atoms with Crippen LogP contribution in [0.25, 0.3) is 0 Å². The van der Waals surface area contributed by atoms with Crippen molar-refractivity contribution in [1.82, 2.24) is 24.4 Å². The number of rotatable bonds is 5. The predicted molar refractivity (Wildman–Crippen MR) is 99.6 cm³/mol. The minimum Gasteiger partial charge on any atom is -0.360 e. The zero-order chi connectivity index (χ0) is 17.7. The number of nitrogens with one attached hydrogen (secondary N) is 2. The Morgan fingerprint density at radius 2 is 2.08 bits per heavy atom. The van der Waals surface area contributed by atoms with Crippen LogP contribution in [0.5, 0.6) is 0 Å². The van der Waals surface area contributed by atoms with Crippen LogP contribution in [-0.2, 0) is 0 Å². The molecule has 0 aromatic carbocycles. The third-order valence-corrected chi connectivity index (χ3v) is 7.28. The molecule has 1 saturated carbocycles. The van der Waals surface area contributed by atoms with E-state index in [1.807, 2.05) is 18.2 Å². The Morgan fingerprint density at radius 3 is 2.77 bits per heavy atom. The molecule has 26 heavy (non-hydrogen) atoms. The fourth-order valence-electron chi connectivity index (χ4n) is 4.31. The van der Waals surface area contributed by atoms with Gasteiger partial charge in [0.1, 0.15) is 5.76 Å². The van der Waals surface area contributed by atoms with E-state index >= 15 is 0 Å². The third-order valence-electron chi connectivity index (χ3n) is 6.00. The molecule has 5 fully saturated rings. The molecule has 6 rings (SSSR count). The summed E-state index contributed by atoms with van der Waals surface area (Å²) in [7, 11) is 0. The maximum absolute atomic E-state index is 12.4. The Morgan fingerprint density at radius 1 is 1.31 bits per heavy atom. The Kier molecular flexibility index (Phi) is 4.47. The minimum absolute atomic E-state index is 0.0962. The van der Waals surface area contributed by atoms with Gasteiger partial charge in [0.15, 0.2) is 5.69 Å². The van der Waals surface area contributed by atoms with Gasteiger partial charge in [0.05, 0.1) is 0 Å². The maximum atomic E-state index is 12.4. The van der Waals surface area contributed by atoms with E-state index in [0.29, 0.717) is 29.7 Å². The van der Waals surface area contributed by atoms with Crippen molar-refractivity contribution in [2.75, 3.05) is 19.6 Å². The lowest BCUT2D eigenvalue weighted by Gasteiger charge is -2.49. The molecule has 4 atom stereocenters. The molecule has 142 valence electrons. The Hall–Kier alpha value is -1.09. The van der Waals surface area contributed by atoms with E-state index in [9.17, 15) is 4.79 Å². The monoisotopic (exact) mass is 377 g/mol. The van der Waals surface area contributed by atoms with Crippen molar-refractivity contribution in [3.05, 3.63) is 17.5 Å². The number of carbonyl (C=O) groups excluding carboxylic acids is 1. The van der Waals surface area contributed by atoms with E-state index in [1.54, 1.807) is 0 Å². The molecule has 7 nitrogen and oxygen atoms in total. The molecule has 0 spiro atoms. The van der Waals surface area contributed by atoms with Crippen LogP contribution in [0.4, 0.5) is 0 Å². The molecule has 8 heteroatoms. The van der Waals surface area contributed by atoms with Crippen molar-refractivity contribution in [3.8, 4) is 0 Å². The maximum Gasteiger partial charge on any atom is 0.273 e. The van der Waals surface area contributed by atoms with Crippen LogP contribution < -0.4 is 10.6 Å². The van der Waals surface area contributed by atoms with E-state index in [4.69, 9.17) is 4.52 Å². The topological polar surface area (TPSA) is 73.6 Å². The lowest BCUT2D eigenvalue weighted by atomic mass is 9.93. The second-order valence-electron chi connectivity index (χ2n) is 8.30. The Labute approximate surface area is 158 Å². The van der Waals surface area contributed by atoms with Gasteiger partial charge in [0, 0.05) is 67.9 Å². The standard InChI is InChI=1S/C18H27N5O2S/c1-11-6-13(20-18(24)16-8-17(25-21-16)12-2-3-12)4-5-23(11)26-22-9-14-7-15(10-22)19-14/h8,11-15,19H,2-7,9-10H2,1H3,(H,20,24). The number of amides is 1. The molecule has 2 bridgehead atoms. The molecule has 1 amide bonds. The molecule has 2 N–H and O–H groups in total. The van der Waals surface area contributed by atoms with Crippen LogP contribution in [-0.4, -0.2) is 63.5 Å². The molecule has 5 heterocycles. The van der Waals surface area contributed by atoms with E-state index in [1.165, 1.54) is 6.42 Å². The second-order valence-corrected chi connectivity index (χ2v) is 9.45. The largest absolute Gasteiger partial charge is 0.360 e. The molecule has 1 aromatic rings. The summed E-state index contributed by atoms with van der Waals surface area (Å²) < 4.78 is 10.3. The highest BCUT2D eigenvalue weighted by Gasteiger charge is 2.38. The molecule has 5 aliphatic rings. The number of carbonyl (C=O) groups is 1. The average Bonchev–Trinajstić information content (AvgIpc) is 3.33. The van der Waals surface area contributed by atoms with Crippen molar-refractivity contribution in [1.29, 1.82) is 0 Å². The van der Waals surface area contributed by atoms with Gasteiger partial charge in [-0.2, -0.15) is 0 Å². The van der Waals surface area contributed by atoms with Crippen LogP contribution in [0.1, 0.15) is 61.2 Å². The lowest BCUT2D eigenvalue weighted by Crippen LogP contribution is -2.65. The molecule has 0 radical (unpaired) electrons. The average molecular weight is 378 g/mol. The normalized spacial score (nSPS) is 35.1. The summed E-state index contributed by atoms with van der Waals surface area (Å²) in [4.78, 5) is 12.4. The fourth-order valence-corrected chi connectivity index (χ4v) is 5.53. The predicted octanol–water partition coefficient (Wildman–Crippen LogP) is 1.74. The van der Waals surface area contributed by atoms with Gasteiger partial charge in [-0.25, -0.2) is 8.61 Å². The number of fused-ring (bicyclic) bond motifs is 2. The minimum atomic E-state index is -0.0962. The number of nitrogens with zero attached hydrogens (tertiary/aromatic N) is 3. The van der Waals surface area contributed by atoms with Crippen LogP contribution in [0.3, 0.4) is 0 Å². The summed E-state index contributed by atoms with van der Waals surface area (Å²) >= 11 is 1.90. The fraction of sp³-hybridized carbons (Fsp3) is 0.778. The van der Waals surface area contributed by atoms with Crippen molar-refractivity contribution < 1.29 is 9.32 Å². The van der Waals surface area contributed by atoms with Gasteiger partial charge in [-0.1, -0.05) is 5.16 Å². The van der Waals surface area contributed by atoms with Crippen LogP contribution in [0, 0.1) is 0 Å². The van der Waals surface area contributed by atoms with E-state index < -0.39 is 0 Å². The second kappa shape index (κ2) is 6.82. The van der Waals surface area contributed by atoms with Crippen molar-refractivity contribution in [3.63, 3.8) is 0 Å². The molecule has 4 aliphatic heterocycles. The van der Waals surface area contributed by atoms with E-state index in [2.05, 4.69) is 31.3 Å². The molecule has 4 unspecified atom stereocenters. The number of piperazine rings is 1. The van der Waals surface area contributed by atoms with Gasteiger partial charge in [0.2, 0.25) is 0 Å². The van der Waals surface area contributed by atoms with E-state index in [-0.39, 0.29) is 11.9 Å². The lowest BCUT2D eigenvalue weighted by molar-refractivity contribution is 0.0904. The smallest absolute Gasteiger partial charge is 0.273 e. The van der Waals surface area contributed by atoms with Crippen molar-refractivity contribution >= 4 is 18.0 Å². The summed E-state index contributed by atoms with van der Waals surface area (Å²) in [5.74, 6) is 1.25. The Bertz CT molecular complexity index is 662. The van der Waals surface area contributed by atoms with Crippen LogP contribution >= 0.6 is 12.1 Å². The first kappa shape index (κ1) is 17.0. The third kappa shape index (κ3) is 3.52. The Balaban J connectivity index is 1.11. The van der Waals surface area contributed by atoms with Gasteiger partial charge in [-0.05, 0) is 39.0 Å². The van der Waals surface area contributed by atoms with Crippen LogP contribution in [0.15, 0.2) is 10.6 Å². The highest BCUT2D eigenvalue weighted by molar-refractivity contribution is 7.94. The van der Waals surface area contributed by atoms with Crippen molar-refractivity contribution in [2.24, 2.45) is 0 Å². The first-order chi connectivity index (χ1) is 12.6. The highest BCUT2D eigenvalue weighted by Crippen LogP contribution is 2.40. The summed E-state index contributed by atoms with van der Waals surface area (Å²) in [6.07, 6.45) is 5.60. The zero-order valence-electron chi connectivity index (χ0n) is 15.2. The number of aromatic nitrogens is 1. The molecule has 4 saturated heterocycles. The quantitative estimate of drug-likeness (QED) is 0.757. The number of piperidine rings is 2. The van der Waals surface area contributed by atoms with Crippen LogP contribution in [0.2, 0.25) is 0 Å². The molecule has 1 aliphatic carbocycles. The molecular formula is C18H27N5O2S. The van der Waals surface area contributed by atoms with Gasteiger partial charge in [0.25, 0.3) is 5.91 Å². The first-order valence-electron chi connectivity index (χ1n) is 9.87. The van der Waals surface area contributed by atoms with Gasteiger partial charge >= 0.3 is 0 Å².